The molecule has 3 heterocycles. The number of likely N-dealkylation sites (tertiary alicyclic amines) is 2. The van der Waals surface area contributed by atoms with Crippen LogP contribution in [-0.2, 0) is 27.9 Å². The third-order valence-electron chi connectivity index (χ3n) is 11.7. The number of Topliss-reactive ketones (excluding diaryl/α,β-unsaturated/α-hetero) is 1. The molecule has 20 heteroatoms. The number of allylic oxidation sites excluding steroid dienone is 2. The molecule has 4 amide bonds. The van der Waals surface area contributed by atoms with Crippen molar-refractivity contribution in [3.63, 3.8) is 0 Å². The SMILES string of the molecule is C=C1C[C@@H](CO)N(C(=O)c2cc(OC)c(OCCCCCOc3cc(NC(=O)OC(C)(C)C)c(C(=O)N4CC(=C)C[C@H]4CO)cc3OC)cc2NC(=O)OCc2cn(C)c3c2C(=O)C(OC)=CC3=O)C1. The van der Waals surface area contributed by atoms with E-state index in [0.717, 1.165) is 17.2 Å². The molecule has 3 aromatic rings. The van der Waals surface area contributed by atoms with Crippen LogP contribution in [0.5, 0.6) is 23.0 Å². The predicted molar refractivity (Wildman–Crippen MR) is 255 cm³/mol. The number of carbonyl (C=O) groups excluding carboxylic acids is 6. The molecule has 0 saturated carbocycles. The van der Waals surface area contributed by atoms with Crippen molar-refractivity contribution in [3.8, 4) is 23.0 Å². The first-order valence-corrected chi connectivity index (χ1v) is 22.6. The van der Waals surface area contributed by atoms with E-state index < -0.39 is 59.9 Å². The molecular weight excluding hydrogens is 911 g/mol. The molecule has 2 aliphatic heterocycles. The van der Waals surface area contributed by atoms with Crippen LogP contribution < -0.4 is 29.6 Å². The number of nitrogens with one attached hydrogen (secondary N) is 2. The van der Waals surface area contributed by atoms with Crippen LogP contribution in [0.2, 0.25) is 0 Å². The van der Waals surface area contributed by atoms with Crippen LogP contribution in [0.25, 0.3) is 0 Å². The summed E-state index contributed by atoms with van der Waals surface area (Å²) in [5.74, 6) is -1.19. The number of unbranched alkanes of at least 4 members (excludes halogenated alkanes) is 2. The summed E-state index contributed by atoms with van der Waals surface area (Å²) in [6.07, 6.45) is 3.37. The lowest BCUT2D eigenvalue weighted by atomic mass is 9.97. The number of aromatic nitrogens is 1. The van der Waals surface area contributed by atoms with Crippen LogP contribution in [-0.4, -0.2) is 139 Å². The zero-order valence-electron chi connectivity index (χ0n) is 40.6. The molecule has 1 aliphatic carbocycles. The molecule has 20 nitrogen and oxygen atoms in total. The van der Waals surface area contributed by atoms with Gasteiger partial charge in [-0.2, -0.15) is 0 Å². The van der Waals surface area contributed by atoms with Crippen molar-refractivity contribution in [3.05, 3.63) is 94.5 Å². The molecule has 0 spiro atoms. The Morgan fingerprint density at radius 1 is 0.729 bits per heavy atom. The molecular formula is C50H61N5O15. The number of methoxy groups -OCH3 is 3. The maximum atomic E-state index is 14.1. The number of fused-ring (bicyclic) bond motifs is 1. The van der Waals surface area contributed by atoms with Gasteiger partial charge < -0.3 is 57.7 Å². The number of hydrogen-bond donors (Lipinski definition) is 4. The predicted octanol–water partition coefficient (Wildman–Crippen LogP) is 6.20. The van der Waals surface area contributed by atoms with Gasteiger partial charge in [0.1, 0.15) is 17.9 Å². The first-order valence-electron chi connectivity index (χ1n) is 22.6. The lowest BCUT2D eigenvalue weighted by Gasteiger charge is -2.25. The second-order valence-corrected chi connectivity index (χ2v) is 18.0. The van der Waals surface area contributed by atoms with Crippen molar-refractivity contribution in [2.45, 2.75) is 77.2 Å². The summed E-state index contributed by atoms with van der Waals surface area (Å²) >= 11 is 0. The van der Waals surface area contributed by atoms with E-state index in [1.165, 1.54) is 66.2 Å². The Kier molecular flexibility index (Phi) is 16.7. The zero-order valence-corrected chi connectivity index (χ0v) is 40.6. The molecule has 0 unspecified atom stereocenters. The molecule has 2 aromatic carbocycles. The first kappa shape index (κ1) is 52.1. The molecule has 2 atom stereocenters. The van der Waals surface area contributed by atoms with Gasteiger partial charge in [0, 0.05) is 50.1 Å². The van der Waals surface area contributed by atoms with Gasteiger partial charge >= 0.3 is 12.2 Å². The van der Waals surface area contributed by atoms with Crippen molar-refractivity contribution < 1.29 is 72.1 Å². The van der Waals surface area contributed by atoms with Crippen molar-refractivity contribution in [2.75, 3.05) is 71.5 Å². The third-order valence-corrected chi connectivity index (χ3v) is 11.7. The molecule has 6 rings (SSSR count). The van der Waals surface area contributed by atoms with Gasteiger partial charge in [0.05, 0.1) is 87.9 Å². The first-order chi connectivity index (χ1) is 33.3. The number of ketones is 2. The number of carbonyl (C=O) groups is 6. The van der Waals surface area contributed by atoms with Gasteiger partial charge in [-0.3, -0.25) is 29.8 Å². The minimum absolute atomic E-state index is 0.0145. The van der Waals surface area contributed by atoms with Gasteiger partial charge in [-0.25, -0.2) is 9.59 Å². The highest BCUT2D eigenvalue weighted by Crippen LogP contribution is 2.38. The van der Waals surface area contributed by atoms with E-state index in [1.807, 2.05) is 0 Å². The minimum Gasteiger partial charge on any atom is -0.493 e. The van der Waals surface area contributed by atoms with Crippen LogP contribution in [0.3, 0.4) is 0 Å². The Morgan fingerprint density at radius 3 is 1.69 bits per heavy atom. The summed E-state index contributed by atoms with van der Waals surface area (Å²) in [5.41, 5.74) is 1.43. The number of ether oxygens (including phenoxy) is 7. The van der Waals surface area contributed by atoms with Crippen LogP contribution in [0.4, 0.5) is 21.0 Å². The van der Waals surface area contributed by atoms with E-state index in [-0.39, 0.29) is 108 Å². The summed E-state index contributed by atoms with van der Waals surface area (Å²) in [6, 6.07) is 4.83. The maximum Gasteiger partial charge on any atom is 0.412 e. The molecule has 70 heavy (non-hydrogen) atoms. The lowest BCUT2D eigenvalue weighted by molar-refractivity contribution is 0.0633. The number of nitrogens with zero attached hydrogens (tertiary/aromatic N) is 3. The van der Waals surface area contributed by atoms with Gasteiger partial charge in [0.2, 0.25) is 11.6 Å². The Hall–Kier alpha value is -7.32. The van der Waals surface area contributed by atoms with Gasteiger partial charge in [-0.15, -0.1) is 0 Å². The average Bonchev–Trinajstić information content (AvgIpc) is 4.01. The molecule has 1 aromatic heterocycles. The Labute approximate surface area is 405 Å². The summed E-state index contributed by atoms with van der Waals surface area (Å²) in [5, 5.41) is 25.3. The topological polar surface area (TPSA) is 243 Å². The normalized spacial score (nSPS) is 16.7. The molecule has 3 aliphatic rings. The summed E-state index contributed by atoms with van der Waals surface area (Å²) in [6.45, 7) is 13.0. The number of benzene rings is 2. The molecule has 0 bridgehead atoms. The summed E-state index contributed by atoms with van der Waals surface area (Å²) < 4.78 is 41.1. The van der Waals surface area contributed by atoms with Gasteiger partial charge in [-0.1, -0.05) is 24.3 Å². The van der Waals surface area contributed by atoms with E-state index in [4.69, 9.17) is 33.2 Å². The highest BCUT2D eigenvalue weighted by atomic mass is 16.6. The smallest absolute Gasteiger partial charge is 0.412 e. The zero-order chi connectivity index (χ0) is 51.0. The molecule has 4 N–H and O–H groups in total. The largest absolute Gasteiger partial charge is 0.493 e. The van der Waals surface area contributed by atoms with Crippen molar-refractivity contribution in [2.24, 2.45) is 7.05 Å². The molecule has 0 radical (unpaired) electrons. The summed E-state index contributed by atoms with van der Waals surface area (Å²) in [4.78, 5) is 83.2. The molecule has 2 saturated heterocycles. The molecule has 376 valence electrons. The fourth-order valence-electron chi connectivity index (χ4n) is 8.42. The van der Waals surface area contributed by atoms with Crippen LogP contribution in [0.15, 0.2) is 66.6 Å². The third kappa shape index (κ3) is 11.9. The number of hydrogen-bond acceptors (Lipinski definition) is 15. The Balaban J connectivity index is 1.13. The quantitative estimate of drug-likeness (QED) is 0.0772. The van der Waals surface area contributed by atoms with E-state index in [1.54, 1.807) is 27.8 Å². The number of aliphatic hydroxyl groups excluding tert-OH is 2. The number of aliphatic hydroxyl groups is 2. The Bertz CT molecular complexity index is 2590. The second-order valence-electron chi connectivity index (χ2n) is 18.0. The number of rotatable bonds is 19. The number of aryl methyl sites for hydroxylation is 1. The monoisotopic (exact) mass is 971 g/mol. The highest BCUT2D eigenvalue weighted by Gasteiger charge is 2.36. The maximum absolute atomic E-state index is 14.1. The van der Waals surface area contributed by atoms with Crippen LogP contribution in [0, 0.1) is 0 Å². The van der Waals surface area contributed by atoms with Gasteiger partial charge in [0.25, 0.3) is 11.8 Å². The summed E-state index contributed by atoms with van der Waals surface area (Å²) in [7, 11) is 5.70. The van der Waals surface area contributed by atoms with Crippen LogP contribution >= 0.6 is 0 Å². The van der Waals surface area contributed by atoms with E-state index in [0.29, 0.717) is 32.1 Å². The number of anilines is 2. The fourth-order valence-corrected chi connectivity index (χ4v) is 8.42. The highest BCUT2D eigenvalue weighted by molar-refractivity contribution is 6.24. The van der Waals surface area contributed by atoms with E-state index in [2.05, 4.69) is 23.8 Å². The second kappa shape index (κ2) is 22.4. The lowest BCUT2D eigenvalue weighted by Crippen LogP contribution is -2.38. The van der Waals surface area contributed by atoms with Gasteiger partial charge in [-0.05, 0) is 65.0 Å². The van der Waals surface area contributed by atoms with E-state index in [9.17, 15) is 39.0 Å². The fraction of sp³-hybridized carbons (Fsp3) is 0.440. The van der Waals surface area contributed by atoms with Crippen molar-refractivity contribution >= 4 is 46.9 Å². The molecule has 2 fully saturated rings. The van der Waals surface area contributed by atoms with Crippen LogP contribution in [0.1, 0.15) is 100 Å². The Morgan fingerprint density at radius 2 is 1.23 bits per heavy atom. The standard InChI is InChI=1S/C50H61N5O15/c1-28-15-31(25-56)54(22-28)46(60)33-17-38(64-7)40(19-35(33)51-48(62)69-27-30-24-53(6)44-37(58)21-42(66-9)45(59)43(30)44)67-13-11-10-12-14-68-41-20-36(52-49(63)70-50(3,4)5)34(18-39(41)65-8)47(61)55-23-29(2)16-32(55)26-57/h17-21,24,31-32,56-57H,1-2,10-16,22-23,25-27H2,3-9H3,(H,51,62)(H,52,63)/t31-,32-/m0/s1. The van der Waals surface area contributed by atoms with Crippen molar-refractivity contribution in [1.29, 1.82) is 0 Å². The average molecular weight is 972 g/mol. The number of amides is 4. The minimum atomic E-state index is -0.983. The van der Waals surface area contributed by atoms with Crippen molar-refractivity contribution in [1.82, 2.24) is 14.4 Å². The van der Waals surface area contributed by atoms with Gasteiger partial charge in [0.15, 0.2) is 28.8 Å². The van der Waals surface area contributed by atoms with E-state index >= 15 is 0 Å².